The lowest BCUT2D eigenvalue weighted by molar-refractivity contribution is 0.00526. The van der Waals surface area contributed by atoms with Gasteiger partial charge in [-0.25, -0.2) is 0 Å². The van der Waals surface area contributed by atoms with Crippen LogP contribution in [0.25, 0.3) is 0 Å². The molecule has 24 heavy (non-hydrogen) atoms. The number of aliphatic hydroxyl groups excluding tert-OH is 2. The van der Waals surface area contributed by atoms with Gasteiger partial charge < -0.3 is 14.9 Å². The maximum atomic E-state index is 9.12. The van der Waals surface area contributed by atoms with Gasteiger partial charge in [-0.1, -0.05) is 76.4 Å². The fourth-order valence-corrected chi connectivity index (χ4v) is 3.41. The highest BCUT2D eigenvalue weighted by Gasteiger charge is 2.07. The minimum Gasteiger partial charge on any atom is -0.394 e. The lowest BCUT2D eigenvalue weighted by atomic mass is 9.99. The summed E-state index contributed by atoms with van der Waals surface area (Å²) < 4.78 is 5.30. The Kier molecular flexibility index (Phi) is 14.5. The Morgan fingerprint density at radius 3 is 2.00 bits per heavy atom. The Balaban J connectivity index is 1.66. The van der Waals surface area contributed by atoms with Crippen molar-refractivity contribution in [3.8, 4) is 0 Å². The second-order valence-corrected chi connectivity index (χ2v) is 7.35. The van der Waals surface area contributed by atoms with Crippen molar-refractivity contribution in [2.24, 2.45) is 5.92 Å². The zero-order valence-electron chi connectivity index (χ0n) is 15.6. The molecule has 0 aliphatic heterocycles. The Hall–Kier alpha value is -0.380. The van der Waals surface area contributed by atoms with Gasteiger partial charge in [-0.15, -0.1) is 0 Å². The van der Waals surface area contributed by atoms with E-state index >= 15 is 0 Å². The quantitative estimate of drug-likeness (QED) is 0.289. The van der Waals surface area contributed by atoms with E-state index < -0.39 is 6.10 Å². The Labute approximate surface area is 149 Å². The third-order valence-electron chi connectivity index (χ3n) is 5.00. The highest BCUT2D eigenvalue weighted by Crippen LogP contribution is 2.23. The molecule has 2 atom stereocenters. The summed E-state index contributed by atoms with van der Waals surface area (Å²) in [7, 11) is 0. The number of allylic oxidation sites excluding steroid dienone is 2. The summed E-state index contributed by atoms with van der Waals surface area (Å²) in [4.78, 5) is 0. The standard InChI is InChI=1S/C21H40O3/c22-18-21(23)19-24-17-13-9-7-5-3-1-2-4-6-8-10-14-20-15-11-12-16-20/h11,15,20-23H,1-10,12-14,16-19H2/t20-,21-/m0/s1. The molecular formula is C21H40O3. The third kappa shape index (κ3) is 13.0. The second kappa shape index (κ2) is 16.1. The fourth-order valence-electron chi connectivity index (χ4n) is 3.41. The van der Waals surface area contributed by atoms with Crippen molar-refractivity contribution in [2.75, 3.05) is 19.8 Å². The number of hydrogen-bond acceptors (Lipinski definition) is 3. The van der Waals surface area contributed by atoms with E-state index in [2.05, 4.69) is 12.2 Å². The molecule has 3 nitrogen and oxygen atoms in total. The molecule has 0 spiro atoms. The molecule has 0 unspecified atom stereocenters. The first kappa shape index (κ1) is 21.7. The summed E-state index contributed by atoms with van der Waals surface area (Å²) in [6, 6.07) is 0. The number of unbranched alkanes of at least 4 members (excludes halogenated alkanes) is 10. The summed E-state index contributed by atoms with van der Waals surface area (Å²) in [5, 5.41) is 17.8. The summed E-state index contributed by atoms with van der Waals surface area (Å²) in [6.07, 6.45) is 23.0. The molecule has 0 aromatic carbocycles. The number of aliphatic hydroxyl groups is 2. The SMILES string of the molecule is OC[C@H](O)COCCCCCCCCCCCCC[C@H]1C=CCC1. The van der Waals surface area contributed by atoms with Crippen molar-refractivity contribution in [2.45, 2.75) is 96.0 Å². The molecule has 0 aromatic heterocycles. The zero-order valence-corrected chi connectivity index (χ0v) is 15.6. The van der Waals surface area contributed by atoms with Gasteiger partial charge in [0.1, 0.15) is 6.10 Å². The molecule has 0 bridgehead atoms. The van der Waals surface area contributed by atoms with Crippen LogP contribution in [0.15, 0.2) is 12.2 Å². The molecule has 0 amide bonds. The molecule has 2 N–H and O–H groups in total. The van der Waals surface area contributed by atoms with Crippen LogP contribution < -0.4 is 0 Å². The first-order chi connectivity index (χ1) is 11.8. The van der Waals surface area contributed by atoms with Crippen molar-refractivity contribution in [1.29, 1.82) is 0 Å². The van der Waals surface area contributed by atoms with Crippen molar-refractivity contribution < 1.29 is 14.9 Å². The Bertz CT molecular complexity index is 291. The van der Waals surface area contributed by atoms with Gasteiger partial charge in [0.25, 0.3) is 0 Å². The molecule has 0 saturated carbocycles. The topological polar surface area (TPSA) is 49.7 Å². The summed E-state index contributed by atoms with van der Waals surface area (Å²) in [5.41, 5.74) is 0. The predicted molar refractivity (Wildman–Crippen MR) is 101 cm³/mol. The molecule has 0 aromatic rings. The number of ether oxygens (including phenoxy) is 1. The minimum absolute atomic E-state index is 0.210. The van der Waals surface area contributed by atoms with Gasteiger partial charge in [-0.3, -0.25) is 0 Å². The van der Waals surface area contributed by atoms with Gasteiger partial charge in [-0.05, 0) is 31.6 Å². The van der Waals surface area contributed by atoms with Gasteiger partial charge >= 0.3 is 0 Å². The van der Waals surface area contributed by atoms with E-state index in [1.807, 2.05) is 0 Å². The molecule has 0 fully saturated rings. The molecular weight excluding hydrogens is 300 g/mol. The van der Waals surface area contributed by atoms with Crippen molar-refractivity contribution in [3.05, 3.63) is 12.2 Å². The molecule has 0 radical (unpaired) electrons. The summed E-state index contributed by atoms with van der Waals surface area (Å²) >= 11 is 0. The smallest absolute Gasteiger partial charge is 0.100 e. The van der Waals surface area contributed by atoms with Crippen LogP contribution in [0.2, 0.25) is 0 Å². The van der Waals surface area contributed by atoms with Crippen LogP contribution >= 0.6 is 0 Å². The number of rotatable bonds is 17. The van der Waals surface area contributed by atoms with Crippen LogP contribution in [0.5, 0.6) is 0 Å². The van der Waals surface area contributed by atoms with Crippen LogP contribution in [0.1, 0.15) is 89.9 Å². The van der Waals surface area contributed by atoms with Crippen LogP contribution in [0.4, 0.5) is 0 Å². The average molecular weight is 341 g/mol. The van der Waals surface area contributed by atoms with Crippen LogP contribution in [0.3, 0.4) is 0 Å². The largest absolute Gasteiger partial charge is 0.394 e. The molecule has 0 heterocycles. The van der Waals surface area contributed by atoms with E-state index in [0.717, 1.165) is 12.3 Å². The Morgan fingerprint density at radius 2 is 1.46 bits per heavy atom. The van der Waals surface area contributed by atoms with Gasteiger partial charge in [-0.2, -0.15) is 0 Å². The maximum Gasteiger partial charge on any atom is 0.100 e. The normalized spacial score (nSPS) is 18.3. The highest BCUT2D eigenvalue weighted by atomic mass is 16.5. The summed E-state index contributed by atoms with van der Waals surface area (Å²) in [6.45, 7) is 0.749. The minimum atomic E-state index is -0.718. The van der Waals surface area contributed by atoms with Crippen molar-refractivity contribution >= 4 is 0 Å². The van der Waals surface area contributed by atoms with E-state index in [9.17, 15) is 0 Å². The first-order valence-electron chi connectivity index (χ1n) is 10.4. The van der Waals surface area contributed by atoms with E-state index in [4.69, 9.17) is 14.9 Å². The highest BCUT2D eigenvalue weighted by molar-refractivity contribution is 4.95. The maximum absolute atomic E-state index is 9.12. The first-order valence-corrected chi connectivity index (χ1v) is 10.4. The predicted octanol–water partition coefficient (Wildman–Crippen LogP) is 5.00. The van der Waals surface area contributed by atoms with Crippen LogP contribution in [-0.4, -0.2) is 36.1 Å². The van der Waals surface area contributed by atoms with Gasteiger partial charge in [0, 0.05) is 6.61 Å². The van der Waals surface area contributed by atoms with Crippen molar-refractivity contribution in [3.63, 3.8) is 0 Å². The van der Waals surface area contributed by atoms with Gasteiger partial charge in [0.2, 0.25) is 0 Å². The van der Waals surface area contributed by atoms with Crippen molar-refractivity contribution in [1.82, 2.24) is 0 Å². The summed E-state index contributed by atoms with van der Waals surface area (Å²) in [5.74, 6) is 0.898. The molecule has 0 saturated heterocycles. The lowest BCUT2D eigenvalue weighted by Gasteiger charge is -2.08. The second-order valence-electron chi connectivity index (χ2n) is 7.35. The van der Waals surface area contributed by atoms with Gasteiger partial charge in [0.05, 0.1) is 13.2 Å². The lowest BCUT2D eigenvalue weighted by Crippen LogP contribution is -2.19. The molecule has 3 heteroatoms. The monoisotopic (exact) mass is 340 g/mol. The third-order valence-corrected chi connectivity index (χ3v) is 5.00. The van der Waals surface area contributed by atoms with E-state index in [0.29, 0.717) is 6.61 Å². The van der Waals surface area contributed by atoms with Crippen LogP contribution in [0, 0.1) is 5.92 Å². The molecule has 1 aliphatic carbocycles. The van der Waals surface area contributed by atoms with E-state index in [1.165, 1.54) is 83.5 Å². The molecule has 142 valence electrons. The molecule has 1 rings (SSSR count). The number of hydrogen-bond donors (Lipinski definition) is 2. The van der Waals surface area contributed by atoms with Crippen LogP contribution in [-0.2, 0) is 4.74 Å². The fraction of sp³-hybridized carbons (Fsp3) is 0.905. The zero-order chi connectivity index (χ0) is 17.3. The van der Waals surface area contributed by atoms with E-state index in [1.54, 1.807) is 0 Å². The average Bonchev–Trinajstić information content (AvgIpc) is 3.11. The molecule has 1 aliphatic rings. The van der Waals surface area contributed by atoms with Gasteiger partial charge in [0.15, 0.2) is 0 Å². The van der Waals surface area contributed by atoms with E-state index in [-0.39, 0.29) is 13.2 Å². The Morgan fingerprint density at radius 1 is 0.875 bits per heavy atom.